The highest BCUT2D eigenvalue weighted by Gasteiger charge is 2.13. The Bertz CT molecular complexity index is 461. The molecule has 6 heteroatoms. The predicted octanol–water partition coefficient (Wildman–Crippen LogP) is 2.98. The molecule has 1 rings (SSSR count). The number of carboxylic acids is 1. The topological polar surface area (TPSA) is 75.6 Å². The molecule has 0 bridgehead atoms. The molecule has 1 aromatic carbocycles. The van der Waals surface area contributed by atoms with Gasteiger partial charge in [0.25, 0.3) is 0 Å². The van der Waals surface area contributed by atoms with Gasteiger partial charge in [0, 0.05) is 16.9 Å². The number of halogens is 1. The van der Waals surface area contributed by atoms with E-state index >= 15 is 0 Å². The molecule has 1 amide bonds. The van der Waals surface area contributed by atoms with Crippen molar-refractivity contribution in [3.8, 4) is 5.75 Å². The van der Waals surface area contributed by atoms with E-state index in [2.05, 4.69) is 21.2 Å². The van der Waals surface area contributed by atoms with E-state index in [4.69, 9.17) is 9.84 Å². The SMILES string of the molecule is CCC(CC(=O)O)NC(=O)CCCOc1ccc(Br)cc1. The van der Waals surface area contributed by atoms with Crippen molar-refractivity contribution in [2.24, 2.45) is 0 Å². The van der Waals surface area contributed by atoms with Crippen molar-refractivity contribution in [3.63, 3.8) is 0 Å². The van der Waals surface area contributed by atoms with Crippen LogP contribution in [0.15, 0.2) is 28.7 Å². The molecule has 0 aliphatic heterocycles. The highest BCUT2D eigenvalue weighted by atomic mass is 79.9. The van der Waals surface area contributed by atoms with Gasteiger partial charge in [-0.2, -0.15) is 0 Å². The normalized spacial score (nSPS) is 11.7. The Morgan fingerprint density at radius 2 is 2.00 bits per heavy atom. The van der Waals surface area contributed by atoms with Gasteiger partial charge in [-0.3, -0.25) is 9.59 Å². The van der Waals surface area contributed by atoms with Crippen molar-refractivity contribution in [1.82, 2.24) is 5.32 Å². The molecule has 0 saturated heterocycles. The molecule has 1 atom stereocenters. The second-order valence-corrected chi connectivity index (χ2v) is 5.59. The number of carboxylic acid groups (broad SMARTS) is 1. The van der Waals surface area contributed by atoms with Crippen molar-refractivity contribution in [1.29, 1.82) is 0 Å². The summed E-state index contributed by atoms with van der Waals surface area (Å²) in [5.41, 5.74) is 0. The molecule has 0 fully saturated rings. The van der Waals surface area contributed by atoms with Gasteiger partial charge < -0.3 is 15.2 Å². The lowest BCUT2D eigenvalue weighted by atomic mass is 10.1. The summed E-state index contributed by atoms with van der Waals surface area (Å²) in [6, 6.07) is 7.18. The van der Waals surface area contributed by atoms with E-state index in [1.165, 1.54) is 0 Å². The van der Waals surface area contributed by atoms with Gasteiger partial charge in [-0.1, -0.05) is 22.9 Å². The lowest BCUT2D eigenvalue weighted by molar-refractivity contribution is -0.137. The molecule has 0 aromatic heterocycles. The maximum Gasteiger partial charge on any atom is 0.305 e. The summed E-state index contributed by atoms with van der Waals surface area (Å²) in [6.07, 6.45) is 1.48. The fourth-order valence-electron chi connectivity index (χ4n) is 1.76. The lowest BCUT2D eigenvalue weighted by Gasteiger charge is -2.14. The average molecular weight is 358 g/mol. The minimum Gasteiger partial charge on any atom is -0.494 e. The zero-order valence-electron chi connectivity index (χ0n) is 12.0. The van der Waals surface area contributed by atoms with Gasteiger partial charge in [-0.15, -0.1) is 0 Å². The van der Waals surface area contributed by atoms with Crippen LogP contribution in [0, 0.1) is 0 Å². The monoisotopic (exact) mass is 357 g/mol. The largest absolute Gasteiger partial charge is 0.494 e. The number of hydrogen-bond donors (Lipinski definition) is 2. The zero-order chi connectivity index (χ0) is 15.7. The molecular formula is C15H20BrNO4. The second kappa shape index (κ2) is 9.39. The van der Waals surface area contributed by atoms with E-state index in [-0.39, 0.29) is 18.4 Å². The van der Waals surface area contributed by atoms with Gasteiger partial charge in [0.1, 0.15) is 5.75 Å². The Kier molecular flexibility index (Phi) is 7.82. The Balaban J connectivity index is 2.20. The average Bonchev–Trinajstić information content (AvgIpc) is 2.44. The minimum absolute atomic E-state index is 0.0440. The van der Waals surface area contributed by atoms with Gasteiger partial charge in [0.2, 0.25) is 5.91 Å². The van der Waals surface area contributed by atoms with Crippen LogP contribution in [-0.2, 0) is 9.59 Å². The molecule has 5 nitrogen and oxygen atoms in total. The Hall–Kier alpha value is -1.56. The summed E-state index contributed by atoms with van der Waals surface area (Å²) in [6.45, 7) is 2.30. The second-order valence-electron chi connectivity index (χ2n) is 4.68. The third-order valence-corrected chi connectivity index (χ3v) is 3.44. The smallest absolute Gasteiger partial charge is 0.305 e. The number of benzene rings is 1. The lowest BCUT2D eigenvalue weighted by Crippen LogP contribution is -2.36. The molecule has 21 heavy (non-hydrogen) atoms. The third kappa shape index (κ3) is 7.70. The summed E-state index contributed by atoms with van der Waals surface area (Å²) in [5, 5.41) is 11.4. The van der Waals surface area contributed by atoms with Crippen LogP contribution in [0.2, 0.25) is 0 Å². The number of aliphatic carboxylic acids is 1. The molecule has 0 radical (unpaired) electrons. The number of nitrogens with one attached hydrogen (secondary N) is 1. The zero-order valence-corrected chi connectivity index (χ0v) is 13.6. The first-order valence-corrected chi connectivity index (χ1v) is 7.70. The number of carbonyl (C=O) groups excluding carboxylic acids is 1. The van der Waals surface area contributed by atoms with E-state index in [1.807, 2.05) is 31.2 Å². The Morgan fingerprint density at radius 1 is 1.33 bits per heavy atom. The molecule has 2 N–H and O–H groups in total. The number of amides is 1. The standard InChI is InChI=1S/C15H20BrNO4/c1-2-12(10-15(19)20)17-14(18)4-3-9-21-13-7-5-11(16)6-8-13/h5-8,12H,2-4,9-10H2,1H3,(H,17,18)(H,19,20). The van der Waals surface area contributed by atoms with Crippen LogP contribution >= 0.6 is 15.9 Å². The summed E-state index contributed by atoms with van der Waals surface area (Å²) in [4.78, 5) is 22.3. The molecule has 1 aromatic rings. The van der Waals surface area contributed by atoms with Crippen molar-refractivity contribution in [2.75, 3.05) is 6.61 Å². The van der Waals surface area contributed by atoms with Gasteiger partial charge in [-0.05, 0) is 37.1 Å². The summed E-state index contributed by atoms with van der Waals surface area (Å²) in [7, 11) is 0. The van der Waals surface area contributed by atoms with Gasteiger partial charge in [0.05, 0.1) is 13.0 Å². The number of ether oxygens (including phenoxy) is 1. The maximum absolute atomic E-state index is 11.7. The first-order chi connectivity index (χ1) is 10.0. The number of hydrogen-bond acceptors (Lipinski definition) is 3. The summed E-state index contributed by atoms with van der Waals surface area (Å²) < 4.78 is 6.50. The van der Waals surface area contributed by atoms with Crippen molar-refractivity contribution in [3.05, 3.63) is 28.7 Å². The van der Waals surface area contributed by atoms with E-state index in [0.29, 0.717) is 25.9 Å². The minimum atomic E-state index is -0.902. The maximum atomic E-state index is 11.7. The fourth-order valence-corrected chi connectivity index (χ4v) is 2.03. The van der Waals surface area contributed by atoms with E-state index in [0.717, 1.165) is 10.2 Å². The quantitative estimate of drug-likeness (QED) is 0.666. The molecule has 116 valence electrons. The first-order valence-electron chi connectivity index (χ1n) is 6.90. The summed E-state index contributed by atoms with van der Waals surface area (Å²) in [5.74, 6) is -0.279. The fraction of sp³-hybridized carbons (Fsp3) is 0.467. The third-order valence-electron chi connectivity index (χ3n) is 2.91. The highest BCUT2D eigenvalue weighted by Crippen LogP contribution is 2.16. The van der Waals surface area contributed by atoms with Gasteiger partial charge in [-0.25, -0.2) is 0 Å². The number of rotatable bonds is 9. The van der Waals surface area contributed by atoms with E-state index in [1.54, 1.807) is 0 Å². The van der Waals surface area contributed by atoms with Crippen molar-refractivity contribution in [2.45, 2.75) is 38.6 Å². The van der Waals surface area contributed by atoms with Crippen LogP contribution in [0.25, 0.3) is 0 Å². The molecule has 0 heterocycles. The Morgan fingerprint density at radius 3 is 2.57 bits per heavy atom. The summed E-state index contributed by atoms with van der Waals surface area (Å²) >= 11 is 3.34. The highest BCUT2D eigenvalue weighted by molar-refractivity contribution is 9.10. The first kappa shape index (κ1) is 17.5. The molecular weight excluding hydrogens is 338 g/mol. The van der Waals surface area contributed by atoms with E-state index < -0.39 is 5.97 Å². The van der Waals surface area contributed by atoms with Crippen LogP contribution in [-0.4, -0.2) is 29.6 Å². The van der Waals surface area contributed by atoms with Crippen LogP contribution < -0.4 is 10.1 Å². The van der Waals surface area contributed by atoms with Crippen molar-refractivity contribution < 1.29 is 19.4 Å². The van der Waals surface area contributed by atoms with E-state index in [9.17, 15) is 9.59 Å². The molecule has 1 unspecified atom stereocenters. The molecule has 0 spiro atoms. The predicted molar refractivity (Wildman–Crippen MR) is 83.3 cm³/mol. The van der Waals surface area contributed by atoms with Gasteiger partial charge in [0.15, 0.2) is 0 Å². The molecule has 0 aliphatic rings. The molecule has 0 saturated carbocycles. The van der Waals surface area contributed by atoms with Crippen LogP contribution in [0.4, 0.5) is 0 Å². The Labute approximate surface area is 132 Å². The van der Waals surface area contributed by atoms with Crippen LogP contribution in [0.1, 0.15) is 32.6 Å². The van der Waals surface area contributed by atoms with Gasteiger partial charge >= 0.3 is 5.97 Å². The van der Waals surface area contributed by atoms with Crippen LogP contribution in [0.3, 0.4) is 0 Å². The molecule has 0 aliphatic carbocycles. The van der Waals surface area contributed by atoms with Crippen LogP contribution in [0.5, 0.6) is 5.75 Å². The number of carbonyl (C=O) groups is 2. The van der Waals surface area contributed by atoms with Crippen molar-refractivity contribution >= 4 is 27.8 Å².